The molecule has 134 valence electrons. The quantitative estimate of drug-likeness (QED) is 0.833. The Bertz CT molecular complexity index is 727. The number of carbonyl (C=O) groups is 2. The molecule has 2 heterocycles. The predicted molar refractivity (Wildman–Crippen MR) is 95.3 cm³/mol. The Morgan fingerprint density at radius 3 is 2.24 bits per heavy atom. The van der Waals surface area contributed by atoms with E-state index in [9.17, 15) is 9.59 Å². The summed E-state index contributed by atoms with van der Waals surface area (Å²) in [5, 5.41) is 8.34. The molecule has 1 aromatic rings. The standard InChI is InChI=1S/C18H25N5O2/c1-12-13(2)20-21-16(14(12)15(19)24)22-8-10-23(11-9-22)17(25)18(3)6-4-5-7-18/h4-5H,6-11H2,1-3H3,(H2,19,24). The lowest BCUT2D eigenvalue weighted by Crippen LogP contribution is -2.52. The Balaban J connectivity index is 1.74. The summed E-state index contributed by atoms with van der Waals surface area (Å²) in [5.74, 6) is 0.239. The van der Waals surface area contributed by atoms with Crippen LogP contribution in [-0.2, 0) is 4.79 Å². The van der Waals surface area contributed by atoms with Gasteiger partial charge in [0.05, 0.1) is 16.7 Å². The van der Waals surface area contributed by atoms with Crippen molar-refractivity contribution >= 4 is 17.6 Å². The first-order valence-electron chi connectivity index (χ1n) is 8.66. The van der Waals surface area contributed by atoms with Crippen LogP contribution in [-0.4, -0.2) is 53.1 Å². The lowest BCUT2D eigenvalue weighted by Gasteiger charge is -2.39. The largest absolute Gasteiger partial charge is 0.365 e. The number of amides is 2. The molecule has 0 spiro atoms. The highest BCUT2D eigenvalue weighted by Gasteiger charge is 2.38. The second-order valence-electron chi connectivity index (χ2n) is 7.19. The number of aryl methyl sites for hydroxylation is 1. The van der Waals surface area contributed by atoms with E-state index in [1.807, 2.05) is 30.6 Å². The topological polar surface area (TPSA) is 92.4 Å². The zero-order valence-corrected chi connectivity index (χ0v) is 15.1. The van der Waals surface area contributed by atoms with Crippen molar-refractivity contribution < 1.29 is 9.59 Å². The van der Waals surface area contributed by atoms with Crippen molar-refractivity contribution in [3.05, 3.63) is 29.0 Å². The first-order valence-corrected chi connectivity index (χ1v) is 8.66. The van der Waals surface area contributed by atoms with Crippen LogP contribution in [0.15, 0.2) is 12.2 Å². The molecule has 1 aliphatic carbocycles. The molecule has 0 unspecified atom stereocenters. The van der Waals surface area contributed by atoms with Gasteiger partial charge in [-0.15, -0.1) is 5.10 Å². The van der Waals surface area contributed by atoms with Crippen LogP contribution < -0.4 is 10.6 Å². The smallest absolute Gasteiger partial charge is 0.252 e. The number of carbonyl (C=O) groups excluding carboxylic acids is 2. The van der Waals surface area contributed by atoms with E-state index in [2.05, 4.69) is 22.3 Å². The number of piperazine rings is 1. The van der Waals surface area contributed by atoms with Crippen LogP contribution in [0.5, 0.6) is 0 Å². The highest BCUT2D eigenvalue weighted by Crippen LogP contribution is 2.35. The molecule has 0 aromatic carbocycles. The third-order valence-corrected chi connectivity index (χ3v) is 5.37. The van der Waals surface area contributed by atoms with Crippen LogP contribution in [0.3, 0.4) is 0 Å². The van der Waals surface area contributed by atoms with Crippen molar-refractivity contribution in [1.29, 1.82) is 0 Å². The number of hydrogen-bond acceptors (Lipinski definition) is 5. The van der Waals surface area contributed by atoms with Crippen molar-refractivity contribution in [2.24, 2.45) is 11.1 Å². The summed E-state index contributed by atoms with van der Waals surface area (Å²) in [7, 11) is 0. The summed E-state index contributed by atoms with van der Waals surface area (Å²) in [6.07, 6.45) is 5.77. The Hall–Kier alpha value is -2.44. The van der Waals surface area contributed by atoms with Crippen molar-refractivity contribution in [3.8, 4) is 0 Å². The number of primary amides is 1. The average Bonchev–Trinajstić information content (AvgIpc) is 3.04. The molecule has 1 fully saturated rings. The molecule has 2 N–H and O–H groups in total. The Labute approximate surface area is 147 Å². The van der Waals surface area contributed by atoms with Gasteiger partial charge >= 0.3 is 0 Å². The number of aromatic nitrogens is 2. The summed E-state index contributed by atoms with van der Waals surface area (Å²) in [6, 6.07) is 0. The fourth-order valence-corrected chi connectivity index (χ4v) is 3.56. The number of anilines is 1. The van der Waals surface area contributed by atoms with Crippen LogP contribution in [0.4, 0.5) is 5.82 Å². The van der Waals surface area contributed by atoms with E-state index in [1.165, 1.54) is 0 Å². The summed E-state index contributed by atoms with van der Waals surface area (Å²) < 4.78 is 0. The van der Waals surface area contributed by atoms with Crippen molar-refractivity contribution in [2.45, 2.75) is 33.6 Å². The summed E-state index contributed by atoms with van der Waals surface area (Å²) in [6.45, 7) is 8.14. The number of allylic oxidation sites excluding steroid dienone is 2. The number of nitrogens with two attached hydrogens (primary N) is 1. The Morgan fingerprint density at radius 1 is 1.08 bits per heavy atom. The van der Waals surface area contributed by atoms with Gasteiger partial charge in [0.1, 0.15) is 0 Å². The van der Waals surface area contributed by atoms with Crippen LogP contribution in [0, 0.1) is 19.3 Å². The average molecular weight is 343 g/mol. The number of hydrogen-bond donors (Lipinski definition) is 1. The van der Waals surface area contributed by atoms with Gasteiger partial charge in [0.15, 0.2) is 5.82 Å². The minimum absolute atomic E-state index is 0.207. The second kappa shape index (κ2) is 6.46. The van der Waals surface area contributed by atoms with Gasteiger partial charge < -0.3 is 15.5 Å². The van der Waals surface area contributed by atoms with E-state index in [1.54, 1.807) is 0 Å². The molecule has 7 nitrogen and oxygen atoms in total. The van der Waals surface area contributed by atoms with Gasteiger partial charge in [-0.1, -0.05) is 19.1 Å². The normalized spacial score (nSPS) is 19.3. The predicted octanol–water partition coefficient (Wildman–Crippen LogP) is 1.20. The molecule has 0 radical (unpaired) electrons. The molecular weight excluding hydrogens is 318 g/mol. The summed E-state index contributed by atoms with van der Waals surface area (Å²) in [4.78, 5) is 28.6. The van der Waals surface area contributed by atoms with Gasteiger partial charge in [0, 0.05) is 26.2 Å². The molecule has 2 amide bonds. The van der Waals surface area contributed by atoms with Crippen LogP contribution in [0.2, 0.25) is 0 Å². The molecule has 1 aromatic heterocycles. The van der Waals surface area contributed by atoms with Crippen molar-refractivity contribution in [1.82, 2.24) is 15.1 Å². The van der Waals surface area contributed by atoms with Crippen LogP contribution in [0.1, 0.15) is 41.4 Å². The van der Waals surface area contributed by atoms with Gasteiger partial charge in [0.25, 0.3) is 5.91 Å². The van der Waals surface area contributed by atoms with E-state index < -0.39 is 5.91 Å². The van der Waals surface area contributed by atoms with E-state index in [-0.39, 0.29) is 11.3 Å². The minimum atomic E-state index is -0.492. The fraction of sp³-hybridized carbons (Fsp3) is 0.556. The molecule has 25 heavy (non-hydrogen) atoms. The zero-order valence-electron chi connectivity index (χ0n) is 15.1. The fourth-order valence-electron chi connectivity index (χ4n) is 3.56. The van der Waals surface area contributed by atoms with Gasteiger partial charge in [-0.25, -0.2) is 0 Å². The molecular formula is C18H25N5O2. The van der Waals surface area contributed by atoms with Gasteiger partial charge in [0.2, 0.25) is 5.91 Å². The van der Waals surface area contributed by atoms with Crippen LogP contribution >= 0.6 is 0 Å². The molecule has 3 rings (SSSR count). The first kappa shape index (κ1) is 17.4. The highest BCUT2D eigenvalue weighted by atomic mass is 16.2. The molecule has 0 atom stereocenters. The summed E-state index contributed by atoms with van der Waals surface area (Å²) >= 11 is 0. The van der Waals surface area contributed by atoms with Crippen molar-refractivity contribution in [2.75, 3.05) is 31.1 Å². The van der Waals surface area contributed by atoms with Gasteiger partial charge in [-0.05, 0) is 32.3 Å². The third kappa shape index (κ3) is 3.10. The zero-order chi connectivity index (χ0) is 18.2. The molecule has 0 bridgehead atoms. The maximum Gasteiger partial charge on any atom is 0.252 e. The van der Waals surface area contributed by atoms with Crippen molar-refractivity contribution in [3.63, 3.8) is 0 Å². The third-order valence-electron chi connectivity index (χ3n) is 5.37. The number of rotatable bonds is 3. The maximum atomic E-state index is 12.8. The van der Waals surface area contributed by atoms with E-state index in [0.717, 1.165) is 18.4 Å². The van der Waals surface area contributed by atoms with Gasteiger partial charge in [-0.3, -0.25) is 9.59 Å². The SMILES string of the molecule is Cc1nnc(N2CCN(C(=O)C3(C)CC=CC3)CC2)c(C(N)=O)c1C. The molecule has 1 aliphatic heterocycles. The summed E-state index contributed by atoms with van der Waals surface area (Å²) in [5.41, 5.74) is 7.15. The molecule has 0 saturated carbocycles. The number of nitrogens with zero attached hydrogens (tertiary/aromatic N) is 4. The maximum absolute atomic E-state index is 12.8. The Morgan fingerprint density at radius 2 is 1.68 bits per heavy atom. The first-order chi connectivity index (χ1) is 11.8. The van der Waals surface area contributed by atoms with Crippen LogP contribution in [0.25, 0.3) is 0 Å². The molecule has 7 heteroatoms. The van der Waals surface area contributed by atoms with E-state index in [4.69, 9.17) is 5.73 Å². The highest BCUT2D eigenvalue weighted by molar-refractivity contribution is 5.99. The lowest BCUT2D eigenvalue weighted by atomic mass is 9.86. The van der Waals surface area contributed by atoms with E-state index in [0.29, 0.717) is 43.3 Å². The van der Waals surface area contributed by atoms with Gasteiger partial charge in [-0.2, -0.15) is 5.10 Å². The monoisotopic (exact) mass is 343 g/mol. The lowest BCUT2D eigenvalue weighted by molar-refractivity contribution is -0.141. The molecule has 1 saturated heterocycles. The molecule has 2 aliphatic rings. The van der Waals surface area contributed by atoms with E-state index >= 15 is 0 Å². The Kier molecular flexibility index (Phi) is 4.49. The minimum Gasteiger partial charge on any atom is -0.365 e. The second-order valence-corrected chi connectivity index (χ2v) is 7.19.